The standard InChI is InChI=1S/C14H25NO3/c1-11-5-4-7-14(17,9-11)10-15-13(16)12-6-2-3-8-18-12/h11-12,17H,2-10H2,1H3,(H,15,16). The van der Waals surface area contributed by atoms with Crippen molar-refractivity contribution in [3.05, 3.63) is 0 Å². The zero-order valence-corrected chi connectivity index (χ0v) is 11.3. The fourth-order valence-electron chi connectivity index (χ4n) is 3.11. The van der Waals surface area contributed by atoms with Crippen LogP contribution >= 0.6 is 0 Å². The Labute approximate surface area is 109 Å². The van der Waals surface area contributed by atoms with Gasteiger partial charge in [-0.15, -0.1) is 0 Å². The summed E-state index contributed by atoms with van der Waals surface area (Å²) in [5.74, 6) is 0.493. The highest BCUT2D eigenvalue weighted by Crippen LogP contribution is 2.31. The Bertz CT molecular complexity index is 289. The minimum atomic E-state index is -0.706. The monoisotopic (exact) mass is 255 g/mol. The van der Waals surface area contributed by atoms with Gasteiger partial charge in [-0.3, -0.25) is 4.79 Å². The number of carbonyl (C=O) groups excluding carboxylic acids is 1. The predicted octanol–water partition coefficient (Wildman–Crippen LogP) is 1.61. The molecule has 2 aliphatic rings. The molecule has 0 bridgehead atoms. The molecule has 3 unspecified atom stereocenters. The highest BCUT2D eigenvalue weighted by Gasteiger charge is 2.33. The molecule has 0 aromatic heterocycles. The molecule has 1 aliphatic heterocycles. The Morgan fingerprint density at radius 2 is 2.22 bits per heavy atom. The van der Waals surface area contributed by atoms with Gasteiger partial charge in [-0.2, -0.15) is 0 Å². The fraction of sp³-hybridized carbons (Fsp3) is 0.929. The summed E-state index contributed by atoms with van der Waals surface area (Å²) >= 11 is 0. The average Bonchev–Trinajstić information content (AvgIpc) is 2.37. The van der Waals surface area contributed by atoms with Crippen molar-refractivity contribution in [3.8, 4) is 0 Å². The molecule has 18 heavy (non-hydrogen) atoms. The molecule has 2 N–H and O–H groups in total. The molecular weight excluding hydrogens is 230 g/mol. The van der Waals surface area contributed by atoms with Crippen LogP contribution in [0.1, 0.15) is 51.9 Å². The first-order valence-electron chi connectivity index (χ1n) is 7.21. The van der Waals surface area contributed by atoms with Crippen LogP contribution in [0.4, 0.5) is 0 Å². The van der Waals surface area contributed by atoms with E-state index in [4.69, 9.17) is 4.74 Å². The number of aliphatic hydroxyl groups is 1. The molecule has 3 atom stereocenters. The third-order valence-corrected chi connectivity index (χ3v) is 4.13. The molecule has 1 aliphatic carbocycles. The minimum Gasteiger partial charge on any atom is -0.388 e. The molecule has 1 saturated heterocycles. The number of hydrogen-bond donors (Lipinski definition) is 2. The van der Waals surface area contributed by atoms with Crippen molar-refractivity contribution in [1.82, 2.24) is 5.32 Å². The topological polar surface area (TPSA) is 58.6 Å². The van der Waals surface area contributed by atoms with Gasteiger partial charge in [0.25, 0.3) is 0 Å². The number of ether oxygens (including phenoxy) is 1. The van der Waals surface area contributed by atoms with E-state index in [2.05, 4.69) is 12.2 Å². The van der Waals surface area contributed by atoms with E-state index in [0.29, 0.717) is 19.1 Å². The molecule has 4 nitrogen and oxygen atoms in total. The van der Waals surface area contributed by atoms with Gasteiger partial charge in [-0.05, 0) is 38.0 Å². The molecule has 1 saturated carbocycles. The number of rotatable bonds is 3. The summed E-state index contributed by atoms with van der Waals surface area (Å²) in [4.78, 5) is 11.9. The maximum Gasteiger partial charge on any atom is 0.249 e. The van der Waals surface area contributed by atoms with Crippen LogP contribution in [0.2, 0.25) is 0 Å². The molecule has 1 heterocycles. The Morgan fingerprint density at radius 1 is 1.39 bits per heavy atom. The lowest BCUT2D eigenvalue weighted by Crippen LogP contribution is -2.49. The molecule has 0 aromatic carbocycles. The van der Waals surface area contributed by atoms with Crippen LogP contribution in [0.5, 0.6) is 0 Å². The SMILES string of the molecule is CC1CCCC(O)(CNC(=O)C2CCCCO2)C1. The van der Waals surface area contributed by atoms with Gasteiger partial charge < -0.3 is 15.2 Å². The lowest BCUT2D eigenvalue weighted by Gasteiger charge is -2.36. The third kappa shape index (κ3) is 3.69. The zero-order valence-electron chi connectivity index (χ0n) is 11.3. The van der Waals surface area contributed by atoms with Gasteiger partial charge >= 0.3 is 0 Å². The van der Waals surface area contributed by atoms with Crippen LogP contribution in [0.25, 0.3) is 0 Å². The van der Waals surface area contributed by atoms with Crippen molar-refractivity contribution < 1.29 is 14.6 Å². The molecule has 4 heteroatoms. The van der Waals surface area contributed by atoms with E-state index >= 15 is 0 Å². The van der Waals surface area contributed by atoms with Crippen molar-refractivity contribution in [2.45, 2.75) is 63.6 Å². The molecule has 0 aromatic rings. The summed E-state index contributed by atoms with van der Waals surface area (Å²) in [6.45, 7) is 3.21. The fourth-order valence-corrected chi connectivity index (χ4v) is 3.11. The quantitative estimate of drug-likeness (QED) is 0.805. The summed E-state index contributed by atoms with van der Waals surface area (Å²) in [7, 11) is 0. The first kappa shape index (κ1) is 13.8. The van der Waals surface area contributed by atoms with Crippen molar-refractivity contribution >= 4 is 5.91 Å². The molecule has 104 valence electrons. The second-order valence-electron chi connectivity index (χ2n) is 6.00. The maximum atomic E-state index is 11.9. The summed E-state index contributed by atoms with van der Waals surface area (Å²) in [5, 5.41) is 13.3. The van der Waals surface area contributed by atoms with Gasteiger partial charge in [0, 0.05) is 13.2 Å². The largest absolute Gasteiger partial charge is 0.388 e. The summed E-state index contributed by atoms with van der Waals surface area (Å²) in [6, 6.07) is 0. The summed E-state index contributed by atoms with van der Waals surface area (Å²) in [6.07, 6.45) is 6.42. The molecule has 2 fully saturated rings. The van der Waals surface area contributed by atoms with E-state index in [1.807, 2.05) is 0 Å². The van der Waals surface area contributed by atoms with Crippen LogP contribution in [0.3, 0.4) is 0 Å². The van der Waals surface area contributed by atoms with Crippen molar-refractivity contribution in [1.29, 1.82) is 0 Å². The number of hydrogen-bond acceptors (Lipinski definition) is 3. The molecule has 2 rings (SSSR count). The van der Waals surface area contributed by atoms with E-state index in [1.165, 1.54) is 6.42 Å². The first-order chi connectivity index (χ1) is 8.59. The van der Waals surface area contributed by atoms with E-state index in [1.54, 1.807) is 0 Å². The molecular formula is C14H25NO3. The predicted molar refractivity (Wildman–Crippen MR) is 69.2 cm³/mol. The van der Waals surface area contributed by atoms with Crippen LogP contribution in [-0.2, 0) is 9.53 Å². The van der Waals surface area contributed by atoms with Crippen LogP contribution in [-0.4, -0.2) is 35.9 Å². The third-order valence-electron chi connectivity index (χ3n) is 4.13. The zero-order chi connectivity index (χ0) is 13.0. The second kappa shape index (κ2) is 6.02. The van der Waals surface area contributed by atoms with Gasteiger partial charge in [0.05, 0.1) is 5.60 Å². The van der Waals surface area contributed by atoms with E-state index in [9.17, 15) is 9.90 Å². The summed E-state index contributed by atoms with van der Waals surface area (Å²) in [5.41, 5.74) is -0.706. The Kier molecular flexibility index (Phi) is 4.62. The smallest absolute Gasteiger partial charge is 0.249 e. The number of nitrogens with one attached hydrogen (secondary N) is 1. The first-order valence-corrected chi connectivity index (χ1v) is 7.21. The second-order valence-corrected chi connectivity index (χ2v) is 6.00. The Morgan fingerprint density at radius 3 is 2.89 bits per heavy atom. The van der Waals surface area contributed by atoms with Crippen LogP contribution < -0.4 is 5.32 Å². The average molecular weight is 255 g/mol. The molecule has 1 amide bonds. The Balaban J connectivity index is 1.77. The lowest BCUT2D eigenvalue weighted by atomic mass is 9.79. The van der Waals surface area contributed by atoms with Gasteiger partial charge in [-0.1, -0.05) is 19.8 Å². The van der Waals surface area contributed by atoms with E-state index < -0.39 is 5.60 Å². The van der Waals surface area contributed by atoms with Crippen LogP contribution in [0.15, 0.2) is 0 Å². The highest BCUT2D eigenvalue weighted by molar-refractivity contribution is 5.80. The Hall–Kier alpha value is -0.610. The van der Waals surface area contributed by atoms with Gasteiger partial charge in [0.2, 0.25) is 5.91 Å². The van der Waals surface area contributed by atoms with Gasteiger partial charge in [0.15, 0.2) is 0 Å². The normalized spacial score (nSPS) is 37.2. The highest BCUT2D eigenvalue weighted by atomic mass is 16.5. The van der Waals surface area contributed by atoms with E-state index in [0.717, 1.165) is 38.5 Å². The summed E-state index contributed by atoms with van der Waals surface area (Å²) < 4.78 is 5.44. The maximum absolute atomic E-state index is 11.9. The molecule has 0 spiro atoms. The van der Waals surface area contributed by atoms with E-state index in [-0.39, 0.29) is 12.0 Å². The minimum absolute atomic E-state index is 0.0543. The van der Waals surface area contributed by atoms with Gasteiger partial charge in [0.1, 0.15) is 6.10 Å². The van der Waals surface area contributed by atoms with Crippen LogP contribution in [0, 0.1) is 5.92 Å². The van der Waals surface area contributed by atoms with Crippen molar-refractivity contribution in [2.24, 2.45) is 5.92 Å². The van der Waals surface area contributed by atoms with Crippen molar-refractivity contribution in [3.63, 3.8) is 0 Å². The van der Waals surface area contributed by atoms with Crippen molar-refractivity contribution in [2.75, 3.05) is 13.2 Å². The number of amides is 1. The lowest BCUT2D eigenvalue weighted by molar-refractivity contribution is -0.137. The molecule has 0 radical (unpaired) electrons. The van der Waals surface area contributed by atoms with Gasteiger partial charge in [-0.25, -0.2) is 0 Å². The number of carbonyl (C=O) groups is 1.